The molecule has 162 valence electrons. The number of hydrogen-bond donors (Lipinski definition) is 2. The molecule has 6 nitrogen and oxygen atoms in total. The van der Waals surface area contributed by atoms with Crippen LogP contribution in [0.3, 0.4) is 0 Å². The highest BCUT2D eigenvalue weighted by Crippen LogP contribution is 2.38. The van der Waals surface area contributed by atoms with Crippen LogP contribution in [0.2, 0.25) is 0 Å². The van der Waals surface area contributed by atoms with Gasteiger partial charge in [0, 0.05) is 30.4 Å². The van der Waals surface area contributed by atoms with Gasteiger partial charge in [-0.05, 0) is 61.6 Å². The van der Waals surface area contributed by atoms with Crippen LogP contribution in [0, 0.1) is 12.8 Å². The van der Waals surface area contributed by atoms with Crippen LogP contribution in [0.4, 0.5) is 0 Å². The van der Waals surface area contributed by atoms with Gasteiger partial charge in [0.1, 0.15) is 5.75 Å². The summed E-state index contributed by atoms with van der Waals surface area (Å²) in [6.07, 6.45) is 3.74. The van der Waals surface area contributed by atoms with E-state index in [0.29, 0.717) is 17.8 Å². The van der Waals surface area contributed by atoms with Crippen molar-refractivity contribution in [1.29, 1.82) is 0 Å². The van der Waals surface area contributed by atoms with E-state index in [2.05, 4.69) is 16.8 Å². The van der Waals surface area contributed by atoms with E-state index >= 15 is 0 Å². The number of benzene rings is 2. The number of aromatic nitrogens is 1. The number of H-pyrrole nitrogens is 1. The Balaban J connectivity index is 1.76. The Kier molecular flexibility index (Phi) is 5.83. The average Bonchev–Trinajstić information content (AvgIpc) is 2.76. The molecule has 1 aliphatic heterocycles. The Hall–Kier alpha value is -3.12. The predicted molar refractivity (Wildman–Crippen MR) is 121 cm³/mol. The number of pyridine rings is 1. The largest absolute Gasteiger partial charge is 0.496 e. The fourth-order valence-electron chi connectivity index (χ4n) is 4.69. The number of hydrogen-bond acceptors (Lipinski definition) is 4. The minimum Gasteiger partial charge on any atom is -0.496 e. The molecule has 2 aromatic carbocycles. The molecule has 31 heavy (non-hydrogen) atoms. The van der Waals surface area contributed by atoms with Crippen LogP contribution in [0.1, 0.15) is 52.9 Å². The zero-order valence-corrected chi connectivity index (χ0v) is 18.1. The maximum Gasteiger partial charge on any atom is 0.335 e. The van der Waals surface area contributed by atoms with Crippen LogP contribution in [0.5, 0.6) is 5.75 Å². The number of aryl methyl sites for hydroxylation is 1. The molecule has 4 rings (SSSR count). The summed E-state index contributed by atoms with van der Waals surface area (Å²) in [6.45, 7) is 5.71. The molecular formula is C25H28N2O4. The molecule has 0 radical (unpaired) electrons. The fraction of sp³-hybridized carbons (Fsp3) is 0.360. The maximum atomic E-state index is 12.8. The van der Waals surface area contributed by atoms with Crippen molar-refractivity contribution in [3.8, 4) is 5.75 Å². The zero-order chi connectivity index (χ0) is 22.1. The number of nitrogens with one attached hydrogen (secondary N) is 1. The molecule has 0 bridgehead atoms. The molecular weight excluding hydrogens is 392 g/mol. The number of aromatic carboxylic acids is 1. The van der Waals surface area contributed by atoms with E-state index in [1.165, 1.54) is 0 Å². The quantitative estimate of drug-likeness (QED) is 0.634. The average molecular weight is 421 g/mol. The summed E-state index contributed by atoms with van der Waals surface area (Å²) >= 11 is 0. The van der Waals surface area contributed by atoms with Crippen molar-refractivity contribution in [1.82, 2.24) is 9.88 Å². The fourth-order valence-corrected chi connectivity index (χ4v) is 4.69. The van der Waals surface area contributed by atoms with Crippen LogP contribution < -0.4 is 10.2 Å². The maximum absolute atomic E-state index is 12.8. The Labute approximate surface area is 181 Å². The number of aromatic amines is 1. The second kappa shape index (κ2) is 8.55. The highest BCUT2D eigenvalue weighted by Gasteiger charge is 2.29. The minimum atomic E-state index is -0.921. The number of nitrogens with zero attached hydrogens (tertiary/aromatic N) is 1. The molecule has 0 spiro atoms. The smallest absolute Gasteiger partial charge is 0.335 e. The number of ether oxygens (including phenoxy) is 1. The van der Waals surface area contributed by atoms with Crippen LogP contribution in [0.15, 0.2) is 47.4 Å². The first-order valence-electron chi connectivity index (χ1n) is 10.6. The third-order valence-electron chi connectivity index (χ3n) is 6.40. The van der Waals surface area contributed by atoms with E-state index < -0.39 is 5.97 Å². The summed E-state index contributed by atoms with van der Waals surface area (Å²) in [5, 5.41) is 9.90. The molecule has 0 amide bonds. The lowest BCUT2D eigenvalue weighted by atomic mass is 9.87. The van der Waals surface area contributed by atoms with E-state index in [9.17, 15) is 14.7 Å². The summed E-state index contributed by atoms with van der Waals surface area (Å²) in [4.78, 5) is 29.7. The first-order chi connectivity index (χ1) is 14.9. The van der Waals surface area contributed by atoms with Crippen LogP contribution in [-0.4, -0.2) is 34.6 Å². The lowest BCUT2D eigenvalue weighted by molar-refractivity contribution is 0.0696. The number of methoxy groups -OCH3 is 1. The Morgan fingerprint density at radius 3 is 2.68 bits per heavy atom. The summed E-state index contributed by atoms with van der Waals surface area (Å²) < 4.78 is 5.69. The van der Waals surface area contributed by atoms with Crippen molar-refractivity contribution < 1.29 is 14.6 Å². The standard InChI is InChI=1S/C25H28N2O4/c1-15-9-11-27(20(12-15)17-4-6-18(7-5-17)25(29)30)14-19-22(31-3)13-16(2)24-23(19)21(28)8-10-26-24/h4-8,10,13,15,20H,9,11-12,14H2,1-3H3,(H,26,28)(H,29,30)/t15-,20-/m0/s1. The van der Waals surface area contributed by atoms with Crippen LogP contribution in [0.25, 0.3) is 10.9 Å². The zero-order valence-electron chi connectivity index (χ0n) is 18.1. The van der Waals surface area contributed by atoms with Crippen LogP contribution in [-0.2, 0) is 6.54 Å². The second-order valence-corrected chi connectivity index (χ2v) is 8.51. The summed E-state index contributed by atoms with van der Waals surface area (Å²) in [7, 11) is 1.64. The predicted octanol–water partition coefficient (Wildman–Crippen LogP) is 4.52. The van der Waals surface area contributed by atoms with Gasteiger partial charge >= 0.3 is 5.97 Å². The Morgan fingerprint density at radius 1 is 1.26 bits per heavy atom. The van der Waals surface area contributed by atoms with Crippen molar-refractivity contribution in [2.75, 3.05) is 13.7 Å². The highest BCUT2D eigenvalue weighted by molar-refractivity contribution is 5.88. The molecule has 2 N–H and O–H groups in total. The van der Waals surface area contributed by atoms with Gasteiger partial charge < -0.3 is 14.8 Å². The normalized spacial score (nSPS) is 19.5. The van der Waals surface area contributed by atoms with Gasteiger partial charge in [0.05, 0.1) is 23.6 Å². The lowest BCUT2D eigenvalue weighted by Crippen LogP contribution is -2.36. The molecule has 0 unspecified atom stereocenters. The van der Waals surface area contributed by atoms with Gasteiger partial charge in [-0.1, -0.05) is 19.1 Å². The van der Waals surface area contributed by atoms with Crippen molar-refractivity contribution in [3.05, 3.63) is 75.1 Å². The van der Waals surface area contributed by atoms with E-state index in [1.54, 1.807) is 31.5 Å². The lowest BCUT2D eigenvalue weighted by Gasteiger charge is -2.39. The van der Waals surface area contributed by atoms with Crippen molar-refractivity contribution in [2.24, 2.45) is 5.92 Å². The molecule has 2 heterocycles. The number of likely N-dealkylation sites (tertiary alicyclic amines) is 1. The van der Waals surface area contributed by atoms with Gasteiger partial charge in [-0.15, -0.1) is 0 Å². The molecule has 6 heteroatoms. The molecule has 3 aromatic rings. The molecule has 1 aromatic heterocycles. The number of fused-ring (bicyclic) bond motifs is 1. The third kappa shape index (κ3) is 4.08. The number of rotatable bonds is 5. The second-order valence-electron chi connectivity index (χ2n) is 8.51. The molecule has 1 aliphatic rings. The number of carbonyl (C=O) groups is 1. The van der Waals surface area contributed by atoms with Gasteiger partial charge in [-0.3, -0.25) is 9.69 Å². The van der Waals surface area contributed by atoms with Crippen molar-refractivity contribution in [3.63, 3.8) is 0 Å². The van der Waals surface area contributed by atoms with Crippen molar-refractivity contribution in [2.45, 2.75) is 39.3 Å². The molecule has 0 aliphatic carbocycles. The van der Waals surface area contributed by atoms with Gasteiger partial charge in [0.15, 0.2) is 5.43 Å². The topological polar surface area (TPSA) is 82.6 Å². The van der Waals surface area contributed by atoms with Gasteiger partial charge in [-0.25, -0.2) is 4.79 Å². The molecule has 1 saturated heterocycles. The summed E-state index contributed by atoms with van der Waals surface area (Å²) in [6, 6.07) is 10.9. The van der Waals surface area contributed by atoms with E-state index in [0.717, 1.165) is 47.3 Å². The number of piperidine rings is 1. The van der Waals surface area contributed by atoms with E-state index in [1.807, 2.05) is 25.1 Å². The Morgan fingerprint density at radius 2 is 2.00 bits per heavy atom. The van der Waals surface area contributed by atoms with Gasteiger partial charge in [0.25, 0.3) is 0 Å². The summed E-state index contributed by atoms with van der Waals surface area (Å²) in [5.74, 6) is 0.372. The molecule has 0 saturated carbocycles. The first-order valence-corrected chi connectivity index (χ1v) is 10.6. The summed E-state index contributed by atoms with van der Waals surface area (Å²) in [5.41, 5.74) is 4.08. The SMILES string of the molecule is COc1cc(C)c2[nH]ccc(=O)c2c1CN1CC[C@H](C)C[C@H]1c1ccc(C(=O)O)cc1. The number of carboxylic acids is 1. The van der Waals surface area contributed by atoms with Crippen LogP contribution >= 0.6 is 0 Å². The third-order valence-corrected chi connectivity index (χ3v) is 6.40. The highest BCUT2D eigenvalue weighted by atomic mass is 16.5. The van der Waals surface area contributed by atoms with Gasteiger partial charge in [0.2, 0.25) is 0 Å². The minimum absolute atomic E-state index is 0.0153. The first kappa shape index (κ1) is 21.1. The monoisotopic (exact) mass is 420 g/mol. The van der Waals surface area contributed by atoms with E-state index in [4.69, 9.17) is 4.74 Å². The van der Waals surface area contributed by atoms with E-state index in [-0.39, 0.29) is 17.0 Å². The van der Waals surface area contributed by atoms with Gasteiger partial charge in [-0.2, -0.15) is 0 Å². The Bertz CT molecular complexity index is 1170. The number of carboxylic acid groups (broad SMARTS) is 1. The van der Waals surface area contributed by atoms with Crippen molar-refractivity contribution >= 4 is 16.9 Å². The molecule has 1 fully saturated rings. The molecule has 2 atom stereocenters.